The molecule has 0 bridgehead atoms. The number of amides is 1. The second kappa shape index (κ2) is 8.52. The van der Waals surface area contributed by atoms with Gasteiger partial charge in [0.2, 0.25) is 5.91 Å². The van der Waals surface area contributed by atoms with Gasteiger partial charge in [-0.2, -0.15) is 11.8 Å². The van der Waals surface area contributed by atoms with Gasteiger partial charge in [-0.15, -0.1) is 5.10 Å². The molecule has 0 saturated heterocycles. The molecule has 0 radical (unpaired) electrons. The third-order valence-electron chi connectivity index (χ3n) is 2.30. The van der Waals surface area contributed by atoms with E-state index in [1.54, 1.807) is 11.8 Å². The van der Waals surface area contributed by atoms with Gasteiger partial charge >= 0.3 is 5.97 Å². The number of nitrogens with one attached hydrogen (secondary N) is 1. The van der Waals surface area contributed by atoms with E-state index in [1.807, 2.05) is 0 Å². The van der Waals surface area contributed by atoms with Crippen LogP contribution in [0.15, 0.2) is 6.20 Å². The molecule has 0 aliphatic rings. The highest BCUT2D eigenvalue weighted by atomic mass is 32.2. The number of rotatable bonds is 9. The number of carboxylic acid groups (broad SMARTS) is 1. The van der Waals surface area contributed by atoms with Crippen LogP contribution in [0, 0.1) is 0 Å². The zero-order chi connectivity index (χ0) is 14.1. The quantitative estimate of drug-likeness (QED) is 0.646. The molecule has 1 rings (SSSR count). The molecular weight excluding hydrogens is 268 g/mol. The number of unbranched alkanes of at least 4 members (excludes halogenated alkanes) is 1. The van der Waals surface area contributed by atoms with Crippen molar-refractivity contribution in [1.82, 2.24) is 20.3 Å². The number of aromatic nitrogens is 3. The van der Waals surface area contributed by atoms with Gasteiger partial charge < -0.3 is 10.4 Å². The molecule has 8 heteroatoms. The molecule has 106 valence electrons. The average Bonchev–Trinajstić information content (AvgIpc) is 2.84. The van der Waals surface area contributed by atoms with E-state index >= 15 is 0 Å². The van der Waals surface area contributed by atoms with Crippen LogP contribution < -0.4 is 5.32 Å². The van der Waals surface area contributed by atoms with Gasteiger partial charge in [0.05, 0.1) is 18.5 Å². The minimum Gasteiger partial charge on any atom is -0.476 e. The summed E-state index contributed by atoms with van der Waals surface area (Å²) in [6, 6.07) is 0. The van der Waals surface area contributed by atoms with Crippen molar-refractivity contribution in [3.05, 3.63) is 11.9 Å². The lowest BCUT2D eigenvalue weighted by Crippen LogP contribution is -2.29. The fourth-order valence-electron chi connectivity index (χ4n) is 1.28. The first-order chi connectivity index (χ1) is 9.13. The smallest absolute Gasteiger partial charge is 0.358 e. The maximum atomic E-state index is 11.4. The number of nitrogens with zero attached hydrogens (tertiary/aromatic N) is 3. The summed E-state index contributed by atoms with van der Waals surface area (Å²) in [5.41, 5.74) is -0.0959. The fraction of sp³-hybridized carbons (Fsp3) is 0.636. The summed E-state index contributed by atoms with van der Waals surface area (Å²) in [7, 11) is 0. The lowest BCUT2D eigenvalue weighted by molar-refractivity contribution is -0.118. The van der Waals surface area contributed by atoms with Gasteiger partial charge in [0.25, 0.3) is 0 Å². The van der Waals surface area contributed by atoms with Gasteiger partial charge in [0, 0.05) is 6.54 Å². The van der Waals surface area contributed by atoms with E-state index in [2.05, 4.69) is 22.6 Å². The Kier molecular flexibility index (Phi) is 6.94. The molecule has 0 aliphatic heterocycles. The lowest BCUT2D eigenvalue weighted by atomic mass is 10.4. The number of carbonyl (C=O) groups excluding carboxylic acids is 1. The van der Waals surface area contributed by atoms with Crippen molar-refractivity contribution in [3.8, 4) is 0 Å². The molecule has 1 aromatic heterocycles. The first-order valence-corrected chi connectivity index (χ1v) is 7.26. The first kappa shape index (κ1) is 15.5. The monoisotopic (exact) mass is 286 g/mol. The van der Waals surface area contributed by atoms with Gasteiger partial charge in [-0.25, -0.2) is 9.48 Å². The standard InChI is InChI=1S/C11H18N4O3S/c1-2-3-6-19-8-10(16)12-4-5-15-7-9(11(17)18)13-14-15/h7H,2-6,8H2,1H3,(H,12,16)(H,17,18). The number of aromatic carboxylic acids is 1. The fourth-order valence-corrected chi connectivity index (χ4v) is 2.20. The molecular formula is C11H18N4O3S. The molecule has 0 unspecified atom stereocenters. The molecule has 0 atom stereocenters. The molecule has 0 spiro atoms. The highest BCUT2D eigenvalue weighted by molar-refractivity contribution is 7.99. The second-order valence-electron chi connectivity index (χ2n) is 3.93. The molecule has 1 aromatic rings. The van der Waals surface area contributed by atoms with Crippen molar-refractivity contribution in [2.24, 2.45) is 0 Å². The van der Waals surface area contributed by atoms with Gasteiger partial charge in [0.1, 0.15) is 0 Å². The van der Waals surface area contributed by atoms with Crippen LogP contribution in [0.4, 0.5) is 0 Å². The molecule has 1 amide bonds. The Bertz CT molecular complexity index is 422. The maximum Gasteiger partial charge on any atom is 0.358 e. The van der Waals surface area contributed by atoms with E-state index in [0.717, 1.165) is 18.6 Å². The molecule has 0 aliphatic carbocycles. The number of thioether (sulfide) groups is 1. The Hall–Kier alpha value is -1.57. The number of carbonyl (C=O) groups is 2. The maximum absolute atomic E-state index is 11.4. The Labute approximate surface area is 115 Å². The van der Waals surface area contributed by atoms with E-state index < -0.39 is 5.97 Å². The van der Waals surface area contributed by atoms with Crippen LogP contribution in [0.2, 0.25) is 0 Å². The minimum atomic E-state index is -1.11. The molecule has 0 fully saturated rings. The molecule has 0 saturated carbocycles. The first-order valence-electron chi connectivity index (χ1n) is 6.11. The summed E-state index contributed by atoms with van der Waals surface area (Å²) >= 11 is 1.62. The summed E-state index contributed by atoms with van der Waals surface area (Å²) in [6.45, 7) is 2.94. The van der Waals surface area contributed by atoms with Crippen molar-refractivity contribution in [1.29, 1.82) is 0 Å². The van der Waals surface area contributed by atoms with Gasteiger partial charge in [-0.05, 0) is 12.2 Å². The van der Waals surface area contributed by atoms with Crippen LogP contribution in [0.25, 0.3) is 0 Å². The lowest BCUT2D eigenvalue weighted by Gasteiger charge is -2.04. The van der Waals surface area contributed by atoms with Crippen molar-refractivity contribution in [3.63, 3.8) is 0 Å². The van der Waals surface area contributed by atoms with E-state index in [0.29, 0.717) is 18.8 Å². The topological polar surface area (TPSA) is 97.1 Å². The molecule has 2 N–H and O–H groups in total. The van der Waals surface area contributed by atoms with E-state index in [-0.39, 0.29) is 11.6 Å². The highest BCUT2D eigenvalue weighted by Gasteiger charge is 2.08. The van der Waals surface area contributed by atoms with Gasteiger partial charge in [-0.3, -0.25) is 4.79 Å². The SMILES string of the molecule is CCCCSCC(=O)NCCn1cc(C(=O)O)nn1. The van der Waals surface area contributed by atoms with Crippen LogP contribution >= 0.6 is 11.8 Å². The Morgan fingerprint density at radius 3 is 2.95 bits per heavy atom. The molecule has 19 heavy (non-hydrogen) atoms. The summed E-state index contributed by atoms with van der Waals surface area (Å²) in [4.78, 5) is 22.0. The van der Waals surface area contributed by atoms with Crippen molar-refractivity contribution in [2.75, 3.05) is 18.1 Å². The van der Waals surface area contributed by atoms with Crippen molar-refractivity contribution >= 4 is 23.6 Å². The van der Waals surface area contributed by atoms with E-state index in [9.17, 15) is 9.59 Å². The van der Waals surface area contributed by atoms with E-state index in [4.69, 9.17) is 5.11 Å². The third-order valence-corrected chi connectivity index (χ3v) is 3.34. The van der Waals surface area contributed by atoms with Crippen LogP contribution in [0.1, 0.15) is 30.3 Å². The van der Waals surface area contributed by atoms with Crippen molar-refractivity contribution in [2.45, 2.75) is 26.3 Å². The Morgan fingerprint density at radius 1 is 1.53 bits per heavy atom. The third kappa shape index (κ3) is 6.23. The number of hydrogen-bond acceptors (Lipinski definition) is 5. The zero-order valence-corrected chi connectivity index (χ0v) is 11.7. The minimum absolute atomic E-state index is 0.0142. The Morgan fingerprint density at radius 2 is 2.32 bits per heavy atom. The molecule has 7 nitrogen and oxygen atoms in total. The van der Waals surface area contributed by atoms with Crippen LogP contribution in [-0.2, 0) is 11.3 Å². The zero-order valence-electron chi connectivity index (χ0n) is 10.8. The number of hydrogen-bond donors (Lipinski definition) is 2. The summed E-state index contributed by atoms with van der Waals surface area (Å²) in [5.74, 6) is 0.328. The number of carboxylic acids is 1. The summed E-state index contributed by atoms with van der Waals surface area (Å²) in [6.07, 6.45) is 3.59. The summed E-state index contributed by atoms with van der Waals surface area (Å²) in [5, 5.41) is 18.5. The van der Waals surface area contributed by atoms with Gasteiger partial charge in [-0.1, -0.05) is 18.6 Å². The molecule has 1 heterocycles. The average molecular weight is 286 g/mol. The highest BCUT2D eigenvalue weighted by Crippen LogP contribution is 2.03. The molecule has 0 aromatic carbocycles. The van der Waals surface area contributed by atoms with Crippen molar-refractivity contribution < 1.29 is 14.7 Å². The van der Waals surface area contributed by atoms with Gasteiger partial charge in [0.15, 0.2) is 5.69 Å². The normalized spacial score (nSPS) is 10.4. The predicted octanol–water partition coefficient (Wildman–Crippen LogP) is 0.626. The largest absolute Gasteiger partial charge is 0.476 e. The Balaban J connectivity index is 2.15. The predicted molar refractivity (Wildman–Crippen MR) is 72.2 cm³/mol. The summed E-state index contributed by atoms with van der Waals surface area (Å²) < 4.78 is 1.40. The van der Waals surface area contributed by atoms with Crippen LogP contribution in [-0.4, -0.2) is 50.0 Å². The van der Waals surface area contributed by atoms with Crippen LogP contribution in [0.5, 0.6) is 0 Å². The van der Waals surface area contributed by atoms with E-state index in [1.165, 1.54) is 10.9 Å². The van der Waals surface area contributed by atoms with Crippen LogP contribution in [0.3, 0.4) is 0 Å². The second-order valence-corrected chi connectivity index (χ2v) is 5.03.